The Hall–Kier alpha value is -3.74. The number of furan rings is 1. The molecule has 3 aromatic rings. The van der Waals surface area contributed by atoms with Crippen LogP contribution >= 0.6 is 0 Å². The number of hydrogen-bond acceptors (Lipinski definition) is 5. The first kappa shape index (κ1) is 19.0. The van der Waals surface area contributed by atoms with Crippen molar-refractivity contribution in [2.75, 3.05) is 24.4 Å². The molecule has 2 aromatic carbocycles. The van der Waals surface area contributed by atoms with Gasteiger partial charge in [-0.3, -0.25) is 9.59 Å². The molecule has 7 heteroatoms. The number of amides is 2. The van der Waals surface area contributed by atoms with E-state index >= 15 is 0 Å². The summed E-state index contributed by atoms with van der Waals surface area (Å²) in [5.74, 6) is 0.510. The number of hydrogen-bond donors (Lipinski definition) is 2. The Morgan fingerprint density at radius 2 is 1.89 bits per heavy atom. The monoisotopic (exact) mass is 380 g/mol. The average Bonchev–Trinajstić information content (AvgIpc) is 3.22. The molecule has 0 atom stereocenters. The van der Waals surface area contributed by atoms with Gasteiger partial charge in [0.25, 0.3) is 11.8 Å². The van der Waals surface area contributed by atoms with E-state index in [4.69, 9.17) is 13.9 Å². The van der Waals surface area contributed by atoms with Crippen molar-refractivity contribution in [1.82, 2.24) is 0 Å². The molecule has 0 bridgehead atoms. The van der Waals surface area contributed by atoms with Crippen molar-refractivity contribution in [2.24, 2.45) is 0 Å². The molecule has 28 heavy (non-hydrogen) atoms. The van der Waals surface area contributed by atoms with E-state index in [0.29, 0.717) is 22.9 Å². The molecule has 1 heterocycles. The molecular weight excluding hydrogens is 360 g/mol. The van der Waals surface area contributed by atoms with E-state index in [2.05, 4.69) is 10.6 Å². The van der Waals surface area contributed by atoms with Gasteiger partial charge in [-0.1, -0.05) is 12.1 Å². The van der Waals surface area contributed by atoms with Crippen molar-refractivity contribution >= 4 is 23.2 Å². The highest BCUT2D eigenvalue weighted by molar-refractivity contribution is 6.03. The molecule has 0 aliphatic rings. The van der Waals surface area contributed by atoms with Gasteiger partial charge in [-0.05, 0) is 48.9 Å². The topological polar surface area (TPSA) is 89.8 Å². The van der Waals surface area contributed by atoms with Gasteiger partial charge in [-0.25, -0.2) is 0 Å². The molecule has 7 nitrogen and oxygen atoms in total. The lowest BCUT2D eigenvalue weighted by atomic mass is 10.2. The zero-order valence-corrected chi connectivity index (χ0v) is 15.5. The minimum Gasteiger partial charge on any atom is -0.494 e. The second-order valence-corrected chi connectivity index (χ2v) is 6.00. The zero-order chi connectivity index (χ0) is 19.9. The molecule has 0 fully saturated rings. The largest absolute Gasteiger partial charge is 0.494 e. The van der Waals surface area contributed by atoms with Gasteiger partial charge < -0.3 is 24.5 Å². The summed E-state index contributed by atoms with van der Waals surface area (Å²) >= 11 is 0. The minimum absolute atomic E-state index is 0.122. The summed E-state index contributed by atoms with van der Waals surface area (Å²) < 4.78 is 15.8. The molecule has 0 aliphatic heterocycles. The summed E-state index contributed by atoms with van der Waals surface area (Å²) in [6.07, 6.45) is 1.42. The number of benzene rings is 2. The van der Waals surface area contributed by atoms with Crippen LogP contribution in [0.15, 0.2) is 65.3 Å². The van der Waals surface area contributed by atoms with E-state index in [1.165, 1.54) is 13.4 Å². The van der Waals surface area contributed by atoms with Crippen molar-refractivity contribution in [2.45, 2.75) is 6.92 Å². The quantitative estimate of drug-likeness (QED) is 0.649. The zero-order valence-electron chi connectivity index (χ0n) is 15.5. The third-order valence-corrected chi connectivity index (χ3v) is 3.84. The Balaban J connectivity index is 1.61. The first-order valence-corrected chi connectivity index (χ1v) is 8.57. The predicted octanol–water partition coefficient (Wildman–Crippen LogP) is 3.87. The number of rotatable bonds is 7. The molecule has 2 amide bonds. The van der Waals surface area contributed by atoms with Crippen LogP contribution in [0.4, 0.5) is 11.4 Å². The van der Waals surface area contributed by atoms with E-state index in [0.717, 1.165) is 5.56 Å². The van der Waals surface area contributed by atoms with Gasteiger partial charge in [-0.15, -0.1) is 0 Å². The van der Waals surface area contributed by atoms with Crippen LogP contribution in [0, 0.1) is 6.92 Å². The summed E-state index contributed by atoms with van der Waals surface area (Å²) in [6.45, 7) is 1.83. The lowest BCUT2D eigenvalue weighted by molar-refractivity contribution is -0.118. The molecule has 0 unspecified atom stereocenters. The van der Waals surface area contributed by atoms with Crippen LogP contribution in [0.5, 0.6) is 11.5 Å². The number of anilines is 2. The Morgan fingerprint density at radius 1 is 1.04 bits per heavy atom. The molecule has 0 radical (unpaired) electrons. The maximum absolute atomic E-state index is 12.1. The number of carbonyl (C=O) groups is 2. The molecule has 2 N–H and O–H groups in total. The average molecular weight is 380 g/mol. The maximum atomic E-state index is 12.1. The molecule has 1 aromatic heterocycles. The summed E-state index contributed by atoms with van der Waals surface area (Å²) in [5.41, 5.74) is 2.03. The van der Waals surface area contributed by atoms with Crippen molar-refractivity contribution in [3.63, 3.8) is 0 Å². The fourth-order valence-corrected chi connectivity index (χ4v) is 2.51. The first-order valence-electron chi connectivity index (χ1n) is 8.57. The summed E-state index contributed by atoms with van der Waals surface area (Å²) in [7, 11) is 1.48. The molecule has 0 saturated heterocycles. The van der Waals surface area contributed by atoms with Crippen molar-refractivity contribution in [3.05, 3.63) is 72.2 Å². The summed E-state index contributed by atoms with van der Waals surface area (Å²) in [6, 6.07) is 15.6. The van der Waals surface area contributed by atoms with Gasteiger partial charge >= 0.3 is 0 Å². The molecule has 0 spiro atoms. The molecule has 3 rings (SSSR count). The van der Waals surface area contributed by atoms with Crippen molar-refractivity contribution in [3.8, 4) is 11.5 Å². The number of carbonyl (C=O) groups excluding carboxylic acids is 2. The number of ether oxygens (including phenoxy) is 2. The lowest BCUT2D eigenvalue weighted by Gasteiger charge is -2.12. The second-order valence-electron chi connectivity index (χ2n) is 6.00. The van der Waals surface area contributed by atoms with Gasteiger partial charge in [0.2, 0.25) is 0 Å². The highest BCUT2D eigenvalue weighted by Crippen LogP contribution is 2.28. The van der Waals surface area contributed by atoms with Crippen LogP contribution in [0.2, 0.25) is 0 Å². The molecule has 144 valence electrons. The SMILES string of the molecule is COc1cc(NC(=O)COc2cccc(C)c2)ccc1NC(=O)c1ccco1. The van der Waals surface area contributed by atoms with Crippen LogP contribution in [0.1, 0.15) is 16.1 Å². The summed E-state index contributed by atoms with van der Waals surface area (Å²) in [4.78, 5) is 24.2. The van der Waals surface area contributed by atoms with Crippen LogP contribution < -0.4 is 20.1 Å². The normalized spacial score (nSPS) is 10.2. The van der Waals surface area contributed by atoms with Crippen molar-refractivity contribution < 1.29 is 23.5 Å². The standard InChI is InChI=1S/C21H20N2O5/c1-14-5-3-6-16(11-14)28-13-20(24)22-15-8-9-17(19(12-15)26-2)23-21(25)18-7-4-10-27-18/h3-12H,13H2,1-2H3,(H,22,24)(H,23,25). The van der Waals surface area contributed by atoms with Gasteiger partial charge in [0.05, 0.1) is 19.1 Å². The highest BCUT2D eigenvalue weighted by atomic mass is 16.5. The fourth-order valence-electron chi connectivity index (χ4n) is 2.51. The molecular formula is C21H20N2O5. The van der Waals surface area contributed by atoms with Crippen LogP contribution in [0.25, 0.3) is 0 Å². The summed E-state index contributed by atoms with van der Waals surface area (Å²) in [5, 5.41) is 5.44. The van der Waals surface area contributed by atoms with E-state index in [1.54, 1.807) is 36.4 Å². The third-order valence-electron chi connectivity index (χ3n) is 3.84. The maximum Gasteiger partial charge on any atom is 0.291 e. The Labute approximate surface area is 162 Å². The van der Waals surface area contributed by atoms with Gasteiger partial charge in [0, 0.05) is 11.8 Å². The van der Waals surface area contributed by atoms with Crippen LogP contribution in [-0.2, 0) is 4.79 Å². The Kier molecular flexibility index (Phi) is 5.96. The third kappa shape index (κ3) is 4.91. The van der Waals surface area contributed by atoms with Crippen LogP contribution in [0.3, 0.4) is 0 Å². The van der Waals surface area contributed by atoms with E-state index in [9.17, 15) is 9.59 Å². The van der Waals surface area contributed by atoms with E-state index < -0.39 is 5.91 Å². The second kappa shape index (κ2) is 8.77. The lowest BCUT2D eigenvalue weighted by Crippen LogP contribution is -2.20. The number of aryl methyl sites for hydroxylation is 1. The Bertz CT molecular complexity index is 967. The first-order chi connectivity index (χ1) is 13.5. The Morgan fingerprint density at radius 3 is 2.61 bits per heavy atom. The van der Waals surface area contributed by atoms with E-state index in [1.807, 2.05) is 25.1 Å². The van der Waals surface area contributed by atoms with Gasteiger partial charge in [0.15, 0.2) is 12.4 Å². The fraction of sp³-hybridized carbons (Fsp3) is 0.143. The molecule has 0 saturated carbocycles. The highest BCUT2D eigenvalue weighted by Gasteiger charge is 2.13. The predicted molar refractivity (Wildman–Crippen MR) is 105 cm³/mol. The minimum atomic E-state index is -0.397. The van der Waals surface area contributed by atoms with Crippen LogP contribution in [-0.4, -0.2) is 25.5 Å². The molecule has 0 aliphatic carbocycles. The van der Waals surface area contributed by atoms with Crippen molar-refractivity contribution in [1.29, 1.82) is 0 Å². The van der Waals surface area contributed by atoms with Gasteiger partial charge in [-0.2, -0.15) is 0 Å². The smallest absolute Gasteiger partial charge is 0.291 e. The number of nitrogens with one attached hydrogen (secondary N) is 2. The van der Waals surface area contributed by atoms with Gasteiger partial charge in [0.1, 0.15) is 11.5 Å². The van der Waals surface area contributed by atoms with E-state index in [-0.39, 0.29) is 18.3 Å². The number of methoxy groups -OCH3 is 1.